The Morgan fingerprint density at radius 3 is 3.00 bits per heavy atom. The van der Waals surface area contributed by atoms with E-state index in [1.165, 1.54) is 12.8 Å². The van der Waals surface area contributed by atoms with Crippen LogP contribution >= 0.6 is 0 Å². The van der Waals surface area contributed by atoms with Crippen molar-refractivity contribution in [2.75, 3.05) is 25.0 Å². The van der Waals surface area contributed by atoms with Crippen LogP contribution in [0.4, 0.5) is 5.69 Å². The molecule has 18 heavy (non-hydrogen) atoms. The van der Waals surface area contributed by atoms with Crippen LogP contribution in [-0.4, -0.2) is 29.6 Å². The second-order valence-corrected chi connectivity index (χ2v) is 4.93. The van der Waals surface area contributed by atoms with Crippen LogP contribution in [0.25, 0.3) is 11.0 Å². The zero-order valence-electron chi connectivity index (χ0n) is 10.3. The lowest BCUT2D eigenvalue weighted by atomic mass is 10.00. The molecule has 0 spiro atoms. The van der Waals surface area contributed by atoms with Crippen molar-refractivity contribution in [2.45, 2.75) is 12.8 Å². The minimum Gasteiger partial charge on any atom is -0.385 e. The molecule has 0 radical (unpaired) electrons. The quantitative estimate of drug-likeness (QED) is 0.659. The van der Waals surface area contributed by atoms with Crippen LogP contribution in [0.1, 0.15) is 12.8 Å². The predicted octanol–water partition coefficient (Wildman–Crippen LogP) is 1.27. The first-order valence-electron chi connectivity index (χ1n) is 6.48. The summed E-state index contributed by atoms with van der Waals surface area (Å²) in [6, 6.07) is 5.90. The number of H-pyrrole nitrogens is 2. The molecule has 1 aromatic heterocycles. The van der Waals surface area contributed by atoms with Gasteiger partial charge >= 0.3 is 5.69 Å². The molecule has 0 amide bonds. The van der Waals surface area contributed by atoms with E-state index in [1.807, 2.05) is 18.2 Å². The monoisotopic (exact) mass is 246 g/mol. The van der Waals surface area contributed by atoms with Gasteiger partial charge in [-0.15, -0.1) is 0 Å². The molecule has 2 aromatic rings. The first kappa shape index (κ1) is 11.3. The molecule has 5 heteroatoms. The number of anilines is 1. The van der Waals surface area contributed by atoms with E-state index in [0.29, 0.717) is 5.92 Å². The zero-order valence-corrected chi connectivity index (χ0v) is 10.3. The van der Waals surface area contributed by atoms with Crippen LogP contribution in [0.3, 0.4) is 0 Å². The minimum absolute atomic E-state index is 0.154. The van der Waals surface area contributed by atoms with E-state index in [4.69, 9.17) is 0 Å². The number of aromatic nitrogens is 2. The molecule has 1 saturated heterocycles. The van der Waals surface area contributed by atoms with Crippen molar-refractivity contribution in [1.29, 1.82) is 0 Å². The summed E-state index contributed by atoms with van der Waals surface area (Å²) in [7, 11) is 0. The number of nitrogens with one attached hydrogen (secondary N) is 4. The Balaban J connectivity index is 1.68. The molecule has 4 N–H and O–H groups in total. The molecule has 0 aliphatic carbocycles. The van der Waals surface area contributed by atoms with E-state index in [2.05, 4.69) is 20.6 Å². The molecule has 1 unspecified atom stereocenters. The van der Waals surface area contributed by atoms with Gasteiger partial charge < -0.3 is 20.6 Å². The van der Waals surface area contributed by atoms with Gasteiger partial charge in [-0.2, -0.15) is 0 Å². The maximum Gasteiger partial charge on any atom is 0.323 e. The number of hydrogen-bond acceptors (Lipinski definition) is 3. The van der Waals surface area contributed by atoms with Gasteiger partial charge in [-0.3, -0.25) is 0 Å². The smallest absolute Gasteiger partial charge is 0.323 e. The topological polar surface area (TPSA) is 72.7 Å². The van der Waals surface area contributed by atoms with E-state index < -0.39 is 0 Å². The fraction of sp³-hybridized carbons (Fsp3) is 0.462. The summed E-state index contributed by atoms with van der Waals surface area (Å²) < 4.78 is 0. The molecule has 3 rings (SSSR count). The molecular formula is C13H18N4O. The molecule has 1 aliphatic rings. The van der Waals surface area contributed by atoms with Gasteiger partial charge in [0.15, 0.2) is 0 Å². The molecular weight excluding hydrogens is 228 g/mol. The summed E-state index contributed by atoms with van der Waals surface area (Å²) in [5, 5.41) is 6.85. The molecule has 1 aromatic carbocycles. The molecule has 1 aliphatic heterocycles. The maximum absolute atomic E-state index is 11.2. The molecule has 1 atom stereocenters. The highest BCUT2D eigenvalue weighted by atomic mass is 16.1. The first-order chi connectivity index (χ1) is 8.81. The van der Waals surface area contributed by atoms with Gasteiger partial charge in [-0.25, -0.2) is 4.79 Å². The Labute approximate surface area is 105 Å². The third kappa shape index (κ3) is 2.41. The molecule has 1 fully saturated rings. The van der Waals surface area contributed by atoms with Gasteiger partial charge in [-0.05, 0) is 50.0 Å². The third-order valence-corrected chi connectivity index (χ3v) is 3.51. The summed E-state index contributed by atoms with van der Waals surface area (Å²) in [6.45, 7) is 3.22. The highest BCUT2D eigenvalue weighted by Gasteiger charge is 2.12. The Morgan fingerprint density at radius 2 is 2.17 bits per heavy atom. The number of fused-ring (bicyclic) bond motifs is 1. The number of hydrogen-bond donors (Lipinski definition) is 4. The normalized spacial score (nSPS) is 20.1. The summed E-state index contributed by atoms with van der Waals surface area (Å²) in [4.78, 5) is 16.7. The van der Waals surface area contributed by atoms with Crippen LogP contribution in [0.15, 0.2) is 23.0 Å². The average Bonchev–Trinajstić information content (AvgIpc) is 2.77. The molecule has 2 heterocycles. The summed E-state index contributed by atoms with van der Waals surface area (Å²) in [5.74, 6) is 0.694. The lowest BCUT2D eigenvalue weighted by molar-refractivity contribution is 0.393. The zero-order chi connectivity index (χ0) is 12.4. The van der Waals surface area contributed by atoms with Gasteiger partial charge in [0.1, 0.15) is 0 Å². The maximum atomic E-state index is 11.2. The number of imidazole rings is 1. The van der Waals surface area contributed by atoms with Gasteiger partial charge in [-0.1, -0.05) is 0 Å². The highest BCUT2D eigenvalue weighted by molar-refractivity contribution is 5.78. The van der Waals surface area contributed by atoms with Crippen LogP contribution < -0.4 is 16.3 Å². The lowest BCUT2D eigenvalue weighted by Gasteiger charge is -2.23. The lowest BCUT2D eigenvalue weighted by Crippen LogP contribution is -2.33. The third-order valence-electron chi connectivity index (χ3n) is 3.51. The predicted molar refractivity (Wildman–Crippen MR) is 73.0 cm³/mol. The molecule has 0 saturated carbocycles. The minimum atomic E-state index is -0.154. The van der Waals surface area contributed by atoms with Crippen LogP contribution in [-0.2, 0) is 0 Å². The second kappa shape index (κ2) is 4.86. The van der Waals surface area contributed by atoms with Gasteiger partial charge in [0.05, 0.1) is 11.0 Å². The average molecular weight is 246 g/mol. The van der Waals surface area contributed by atoms with E-state index in [1.54, 1.807) is 0 Å². The van der Waals surface area contributed by atoms with E-state index in [9.17, 15) is 4.79 Å². The number of benzene rings is 1. The first-order valence-corrected chi connectivity index (χ1v) is 6.48. The van der Waals surface area contributed by atoms with E-state index >= 15 is 0 Å². The van der Waals surface area contributed by atoms with E-state index in [-0.39, 0.29) is 5.69 Å². The van der Waals surface area contributed by atoms with Crippen molar-refractivity contribution in [3.05, 3.63) is 28.7 Å². The Kier molecular flexibility index (Phi) is 3.06. The molecule has 96 valence electrons. The van der Waals surface area contributed by atoms with Crippen LogP contribution in [0.5, 0.6) is 0 Å². The highest BCUT2D eigenvalue weighted by Crippen LogP contribution is 2.16. The van der Waals surface area contributed by atoms with Crippen molar-refractivity contribution in [1.82, 2.24) is 15.3 Å². The number of aromatic amines is 2. The van der Waals surface area contributed by atoms with Crippen molar-refractivity contribution in [2.24, 2.45) is 5.92 Å². The Hall–Kier alpha value is -1.75. The van der Waals surface area contributed by atoms with Gasteiger partial charge in [0.2, 0.25) is 0 Å². The Bertz CT molecular complexity index is 580. The standard InChI is InChI=1S/C13H18N4O/c18-13-16-11-4-3-10(6-12(11)17-13)15-8-9-2-1-5-14-7-9/h3-4,6,9,14-15H,1-2,5,7-8H2,(H2,16,17,18). The number of rotatable bonds is 3. The molecule has 5 nitrogen and oxygen atoms in total. The fourth-order valence-electron chi connectivity index (χ4n) is 2.50. The number of piperidine rings is 1. The van der Waals surface area contributed by atoms with Gasteiger partial charge in [0, 0.05) is 12.2 Å². The van der Waals surface area contributed by atoms with Crippen molar-refractivity contribution >= 4 is 16.7 Å². The van der Waals surface area contributed by atoms with Crippen LogP contribution in [0, 0.1) is 5.92 Å². The summed E-state index contributed by atoms with van der Waals surface area (Å²) >= 11 is 0. The van der Waals surface area contributed by atoms with Crippen molar-refractivity contribution in [3.63, 3.8) is 0 Å². The summed E-state index contributed by atoms with van der Waals surface area (Å²) in [5.41, 5.74) is 2.61. The second-order valence-electron chi connectivity index (χ2n) is 4.93. The Morgan fingerprint density at radius 1 is 1.28 bits per heavy atom. The SMILES string of the molecule is O=c1[nH]c2ccc(NCC3CCCNC3)cc2[nH]1. The van der Waals surface area contributed by atoms with E-state index in [0.717, 1.165) is 36.4 Å². The largest absolute Gasteiger partial charge is 0.385 e. The summed E-state index contributed by atoms with van der Waals surface area (Å²) in [6.07, 6.45) is 2.54. The molecule has 0 bridgehead atoms. The van der Waals surface area contributed by atoms with Gasteiger partial charge in [0.25, 0.3) is 0 Å². The van der Waals surface area contributed by atoms with Crippen LogP contribution in [0.2, 0.25) is 0 Å². The fourth-order valence-corrected chi connectivity index (χ4v) is 2.50. The van der Waals surface area contributed by atoms with Crippen molar-refractivity contribution < 1.29 is 0 Å². The van der Waals surface area contributed by atoms with Crippen molar-refractivity contribution in [3.8, 4) is 0 Å².